The first-order chi connectivity index (χ1) is 7.83. The van der Waals surface area contributed by atoms with Crippen molar-refractivity contribution in [2.24, 2.45) is 0 Å². The Balaban J connectivity index is 2.13. The number of hydrogen-bond acceptors (Lipinski definition) is 4. The van der Waals surface area contributed by atoms with Gasteiger partial charge < -0.3 is 14.7 Å². The van der Waals surface area contributed by atoms with Crippen LogP contribution in [0.2, 0.25) is 0 Å². The summed E-state index contributed by atoms with van der Waals surface area (Å²) in [6, 6.07) is 5.66. The zero-order valence-electron chi connectivity index (χ0n) is 9.40. The topological polar surface area (TPSA) is 50.7 Å². The molecule has 1 aliphatic carbocycles. The maximum absolute atomic E-state index is 8.65. The van der Waals surface area contributed by atoms with E-state index in [0.29, 0.717) is 12.6 Å². The molecule has 0 unspecified atom stereocenters. The predicted molar refractivity (Wildman–Crippen MR) is 59.9 cm³/mol. The summed E-state index contributed by atoms with van der Waals surface area (Å²) in [6.07, 6.45) is 3.80. The number of rotatable bonds is 5. The van der Waals surface area contributed by atoms with E-state index in [-0.39, 0.29) is 0 Å². The van der Waals surface area contributed by atoms with Gasteiger partial charge >= 0.3 is 0 Å². The van der Waals surface area contributed by atoms with E-state index in [1.54, 1.807) is 7.11 Å². The number of hydroxylamine groups is 1. The van der Waals surface area contributed by atoms with Crippen LogP contribution in [0.25, 0.3) is 0 Å². The third kappa shape index (κ3) is 2.46. The molecule has 1 aliphatic rings. The molecule has 1 aromatic carbocycles. The lowest BCUT2D eigenvalue weighted by Crippen LogP contribution is -2.24. The monoisotopic (exact) mass is 223 g/mol. The first-order valence-corrected chi connectivity index (χ1v) is 5.54. The van der Waals surface area contributed by atoms with E-state index in [0.717, 1.165) is 29.9 Å². The van der Waals surface area contributed by atoms with Gasteiger partial charge in [0.15, 0.2) is 11.5 Å². The number of nitrogens with one attached hydrogen (secondary N) is 1. The fraction of sp³-hybridized carbons (Fsp3) is 0.500. The summed E-state index contributed by atoms with van der Waals surface area (Å²) in [4.78, 5) is 0. The van der Waals surface area contributed by atoms with Gasteiger partial charge in [0.2, 0.25) is 0 Å². The second-order valence-corrected chi connectivity index (χ2v) is 3.99. The van der Waals surface area contributed by atoms with Gasteiger partial charge in [-0.25, -0.2) is 5.48 Å². The highest BCUT2D eigenvalue weighted by Crippen LogP contribution is 2.32. The maximum atomic E-state index is 8.65. The van der Waals surface area contributed by atoms with Gasteiger partial charge in [0, 0.05) is 6.54 Å². The van der Waals surface area contributed by atoms with E-state index in [4.69, 9.17) is 14.7 Å². The second-order valence-electron chi connectivity index (χ2n) is 3.99. The fourth-order valence-electron chi connectivity index (χ4n) is 1.68. The molecule has 4 nitrogen and oxygen atoms in total. The lowest BCUT2D eigenvalue weighted by atomic mass is 9.96. The average Bonchev–Trinajstić information content (AvgIpc) is 2.24. The largest absolute Gasteiger partial charge is 0.493 e. The van der Waals surface area contributed by atoms with Crippen LogP contribution in [0, 0.1) is 0 Å². The lowest BCUT2D eigenvalue weighted by molar-refractivity contribution is 0.115. The van der Waals surface area contributed by atoms with Crippen LogP contribution in [0.15, 0.2) is 18.2 Å². The molecule has 0 spiro atoms. The summed E-state index contributed by atoms with van der Waals surface area (Å²) in [6.45, 7) is 0.408. The summed E-state index contributed by atoms with van der Waals surface area (Å²) in [5, 5.41) is 8.65. The Morgan fingerprint density at radius 3 is 2.75 bits per heavy atom. The lowest BCUT2D eigenvalue weighted by Gasteiger charge is -2.27. The van der Waals surface area contributed by atoms with Crippen molar-refractivity contribution < 1.29 is 14.7 Å². The molecule has 0 bridgehead atoms. The van der Waals surface area contributed by atoms with Crippen LogP contribution in [-0.4, -0.2) is 18.4 Å². The van der Waals surface area contributed by atoms with Crippen LogP contribution in [0.1, 0.15) is 24.8 Å². The molecule has 88 valence electrons. The van der Waals surface area contributed by atoms with Gasteiger partial charge in [0.25, 0.3) is 0 Å². The van der Waals surface area contributed by atoms with Crippen molar-refractivity contribution in [3.8, 4) is 11.5 Å². The molecule has 2 rings (SSSR count). The van der Waals surface area contributed by atoms with Gasteiger partial charge in [-0.2, -0.15) is 0 Å². The van der Waals surface area contributed by atoms with Gasteiger partial charge in [0.05, 0.1) is 13.2 Å². The average molecular weight is 223 g/mol. The van der Waals surface area contributed by atoms with Crippen LogP contribution in [0.4, 0.5) is 0 Å². The second kappa shape index (κ2) is 5.18. The van der Waals surface area contributed by atoms with E-state index in [2.05, 4.69) is 5.48 Å². The molecule has 2 N–H and O–H groups in total. The molecule has 0 saturated heterocycles. The molecule has 0 radical (unpaired) electrons. The van der Waals surface area contributed by atoms with Crippen LogP contribution in [-0.2, 0) is 6.54 Å². The molecule has 4 heteroatoms. The SMILES string of the molecule is COc1ccc(CNO)cc1OC1CCC1. The first kappa shape index (κ1) is 11.2. The standard InChI is InChI=1S/C12H17NO3/c1-15-11-6-5-9(8-13-14)7-12(11)16-10-3-2-4-10/h5-7,10,13-14H,2-4,8H2,1H3. The number of hydrogen-bond donors (Lipinski definition) is 2. The van der Waals surface area contributed by atoms with E-state index in [1.165, 1.54) is 6.42 Å². The van der Waals surface area contributed by atoms with Gasteiger partial charge in [0.1, 0.15) is 0 Å². The van der Waals surface area contributed by atoms with Crippen molar-refractivity contribution in [3.63, 3.8) is 0 Å². The maximum Gasteiger partial charge on any atom is 0.161 e. The first-order valence-electron chi connectivity index (χ1n) is 5.54. The van der Waals surface area contributed by atoms with Gasteiger partial charge in [-0.15, -0.1) is 0 Å². The normalized spacial score (nSPS) is 15.6. The van der Waals surface area contributed by atoms with Crippen LogP contribution in [0.3, 0.4) is 0 Å². The molecule has 0 aliphatic heterocycles. The third-order valence-corrected chi connectivity index (χ3v) is 2.86. The van der Waals surface area contributed by atoms with Crippen LogP contribution in [0.5, 0.6) is 11.5 Å². The quantitative estimate of drug-likeness (QED) is 0.751. The minimum absolute atomic E-state index is 0.325. The Morgan fingerprint density at radius 1 is 1.38 bits per heavy atom. The highest BCUT2D eigenvalue weighted by atomic mass is 16.5. The highest BCUT2D eigenvalue weighted by Gasteiger charge is 2.20. The summed E-state index contributed by atoms with van der Waals surface area (Å²) in [5.41, 5.74) is 3.10. The molecular formula is C12H17NO3. The highest BCUT2D eigenvalue weighted by molar-refractivity contribution is 5.43. The van der Waals surface area contributed by atoms with E-state index < -0.39 is 0 Å². The molecule has 0 heterocycles. The van der Waals surface area contributed by atoms with Gasteiger partial charge in [-0.05, 0) is 37.0 Å². The van der Waals surface area contributed by atoms with E-state index >= 15 is 0 Å². The summed E-state index contributed by atoms with van der Waals surface area (Å²) in [7, 11) is 1.63. The summed E-state index contributed by atoms with van der Waals surface area (Å²) in [5.74, 6) is 1.51. The summed E-state index contributed by atoms with van der Waals surface area (Å²) < 4.78 is 11.1. The van der Waals surface area contributed by atoms with Crippen LogP contribution >= 0.6 is 0 Å². The Bertz CT molecular complexity index is 350. The molecule has 0 aromatic heterocycles. The van der Waals surface area contributed by atoms with E-state index in [9.17, 15) is 0 Å². The molecule has 0 atom stereocenters. The number of benzene rings is 1. The van der Waals surface area contributed by atoms with Crippen molar-refractivity contribution in [1.29, 1.82) is 0 Å². The van der Waals surface area contributed by atoms with Crippen molar-refractivity contribution >= 4 is 0 Å². The zero-order chi connectivity index (χ0) is 11.4. The van der Waals surface area contributed by atoms with Crippen molar-refractivity contribution in [3.05, 3.63) is 23.8 Å². The minimum atomic E-state index is 0.325. The molecule has 1 saturated carbocycles. The minimum Gasteiger partial charge on any atom is -0.493 e. The predicted octanol–water partition coefficient (Wildman–Crippen LogP) is 2.11. The number of ether oxygens (including phenoxy) is 2. The Labute approximate surface area is 95.1 Å². The number of methoxy groups -OCH3 is 1. The molecular weight excluding hydrogens is 206 g/mol. The van der Waals surface area contributed by atoms with Crippen molar-refractivity contribution in [2.75, 3.05) is 7.11 Å². The van der Waals surface area contributed by atoms with Crippen molar-refractivity contribution in [2.45, 2.75) is 31.9 Å². The van der Waals surface area contributed by atoms with Gasteiger partial charge in [-0.3, -0.25) is 0 Å². The van der Waals surface area contributed by atoms with Crippen molar-refractivity contribution in [1.82, 2.24) is 5.48 Å². The molecule has 0 amide bonds. The Hall–Kier alpha value is -1.26. The van der Waals surface area contributed by atoms with Gasteiger partial charge in [-0.1, -0.05) is 6.07 Å². The smallest absolute Gasteiger partial charge is 0.161 e. The molecule has 1 aromatic rings. The Morgan fingerprint density at radius 2 is 2.19 bits per heavy atom. The van der Waals surface area contributed by atoms with E-state index in [1.807, 2.05) is 18.2 Å². The summed E-state index contributed by atoms with van der Waals surface area (Å²) >= 11 is 0. The zero-order valence-corrected chi connectivity index (χ0v) is 9.40. The molecule has 16 heavy (non-hydrogen) atoms. The third-order valence-electron chi connectivity index (χ3n) is 2.86. The fourth-order valence-corrected chi connectivity index (χ4v) is 1.68. The Kier molecular flexibility index (Phi) is 3.64. The molecule has 1 fully saturated rings. The van der Waals surface area contributed by atoms with Crippen LogP contribution < -0.4 is 15.0 Å².